The summed E-state index contributed by atoms with van der Waals surface area (Å²) in [6, 6.07) is 8.85. The van der Waals surface area contributed by atoms with E-state index in [0.29, 0.717) is 12.6 Å². The van der Waals surface area contributed by atoms with Crippen LogP contribution in [-0.2, 0) is 11.3 Å². The van der Waals surface area contributed by atoms with Crippen LogP contribution >= 0.6 is 15.9 Å². The van der Waals surface area contributed by atoms with Gasteiger partial charge in [0.25, 0.3) is 0 Å². The lowest BCUT2D eigenvalue weighted by atomic mass is 10.2. The highest BCUT2D eigenvalue weighted by Crippen LogP contribution is 2.19. The van der Waals surface area contributed by atoms with Crippen molar-refractivity contribution in [2.45, 2.75) is 25.4 Å². The second-order valence-electron chi connectivity index (χ2n) is 5.99. The molecule has 1 aliphatic carbocycles. The van der Waals surface area contributed by atoms with Gasteiger partial charge in [-0.2, -0.15) is 0 Å². The number of carbonyl (C=O) groups excluding carboxylic acids is 1. The third-order valence-corrected chi connectivity index (χ3v) is 4.90. The molecular formula is C16H22BrN3O. The third kappa shape index (κ3) is 4.53. The molecule has 0 spiro atoms. The molecular weight excluding hydrogens is 330 g/mol. The van der Waals surface area contributed by atoms with Crippen molar-refractivity contribution in [3.05, 3.63) is 34.3 Å². The van der Waals surface area contributed by atoms with E-state index in [1.54, 1.807) is 0 Å². The molecule has 114 valence electrons. The van der Waals surface area contributed by atoms with Gasteiger partial charge in [0.2, 0.25) is 5.91 Å². The molecule has 0 radical (unpaired) electrons. The average Bonchev–Trinajstić information content (AvgIpc) is 3.27. The van der Waals surface area contributed by atoms with Crippen LogP contribution in [0.5, 0.6) is 0 Å². The molecule has 3 rings (SSSR count). The molecule has 1 aromatic rings. The van der Waals surface area contributed by atoms with Crippen LogP contribution in [0.3, 0.4) is 0 Å². The first-order valence-electron chi connectivity index (χ1n) is 7.68. The minimum absolute atomic E-state index is 0.191. The predicted molar refractivity (Wildman–Crippen MR) is 87.0 cm³/mol. The molecule has 1 amide bonds. The second kappa shape index (κ2) is 6.90. The van der Waals surface area contributed by atoms with Crippen molar-refractivity contribution in [3.63, 3.8) is 0 Å². The van der Waals surface area contributed by atoms with Crippen molar-refractivity contribution < 1.29 is 4.79 Å². The molecule has 0 bridgehead atoms. The number of hydrogen-bond acceptors (Lipinski definition) is 3. The Labute approximate surface area is 134 Å². The zero-order valence-corrected chi connectivity index (χ0v) is 13.8. The Morgan fingerprint density at radius 2 is 1.81 bits per heavy atom. The maximum Gasteiger partial charge on any atom is 0.234 e. The van der Waals surface area contributed by atoms with Crippen molar-refractivity contribution >= 4 is 21.8 Å². The van der Waals surface area contributed by atoms with E-state index < -0.39 is 0 Å². The van der Waals surface area contributed by atoms with Gasteiger partial charge < -0.3 is 5.32 Å². The van der Waals surface area contributed by atoms with Gasteiger partial charge >= 0.3 is 0 Å². The maximum absolute atomic E-state index is 11.8. The molecule has 1 heterocycles. The summed E-state index contributed by atoms with van der Waals surface area (Å²) >= 11 is 3.61. The Hall–Kier alpha value is -0.910. The van der Waals surface area contributed by atoms with Crippen LogP contribution in [0.15, 0.2) is 28.7 Å². The smallest absolute Gasteiger partial charge is 0.234 e. The van der Waals surface area contributed by atoms with Crippen LogP contribution in [0, 0.1) is 0 Å². The summed E-state index contributed by atoms with van der Waals surface area (Å²) in [4.78, 5) is 16.5. The van der Waals surface area contributed by atoms with Crippen molar-refractivity contribution in [3.8, 4) is 0 Å². The summed E-state index contributed by atoms with van der Waals surface area (Å²) in [5.74, 6) is 0.191. The lowest BCUT2D eigenvalue weighted by Crippen LogP contribution is -2.49. The number of rotatable bonds is 5. The van der Waals surface area contributed by atoms with Crippen molar-refractivity contribution in [1.82, 2.24) is 15.1 Å². The minimum atomic E-state index is 0.191. The van der Waals surface area contributed by atoms with E-state index >= 15 is 0 Å². The predicted octanol–water partition coefficient (Wildman–Crippen LogP) is 1.85. The summed E-state index contributed by atoms with van der Waals surface area (Å²) in [5.41, 5.74) is 1.33. The van der Waals surface area contributed by atoms with E-state index in [2.05, 4.69) is 49.2 Å². The van der Waals surface area contributed by atoms with Crippen molar-refractivity contribution in [2.24, 2.45) is 0 Å². The molecule has 1 aromatic carbocycles. The fraction of sp³-hybridized carbons (Fsp3) is 0.562. The van der Waals surface area contributed by atoms with Crippen LogP contribution < -0.4 is 5.32 Å². The van der Waals surface area contributed by atoms with Crippen LogP contribution in [0.25, 0.3) is 0 Å². The van der Waals surface area contributed by atoms with Gasteiger partial charge in [0.1, 0.15) is 0 Å². The number of amides is 1. The highest BCUT2D eigenvalue weighted by Gasteiger charge is 2.25. The summed E-state index contributed by atoms with van der Waals surface area (Å²) < 4.78 is 1.18. The summed E-state index contributed by atoms with van der Waals surface area (Å²) in [6.07, 6.45) is 2.32. The number of nitrogens with zero attached hydrogens (tertiary/aromatic N) is 2. The van der Waals surface area contributed by atoms with Gasteiger partial charge in [0.15, 0.2) is 0 Å². The first-order valence-corrected chi connectivity index (χ1v) is 8.47. The fourth-order valence-electron chi connectivity index (χ4n) is 2.68. The normalized spacial score (nSPS) is 20.4. The number of benzene rings is 1. The Balaban J connectivity index is 1.42. The molecule has 5 heteroatoms. The first-order chi connectivity index (χ1) is 10.2. The molecule has 2 aliphatic rings. The molecule has 21 heavy (non-hydrogen) atoms. The Morgan fingerprint density at radius 3 is 2.48 bits per heavy atom. The van der Waals surface area contributed by atoms with Gasteiger partial charge in [-0.3, -0.25) is 14.6 Å². The molecule has 0 aromatic heterocycles. The van der Waals surface area contributed by atoms with Crippen LogP contribution in [0.4, 0.5) is 0 Å². The highest BCUT2D eigenvalue weighted by atomic mass is 79.9. The lowest BCUT2D eigenvalue weighted by molar-refractivity contribution is -0.122. The number of halogens is 1. The van der Waals surface area contributed by atoms with Crippen molar-refractivity contribution in [1.29, 1.82) is 0 Å². The molecule has 1 saturated carbocycles. The summed E-state index contributed by atoms with van der Waals surface area (Å²) in [6.45, 7) is 5.53. The Morgan fingerprint density at radius 1 is 1.14 bits per heavy atom. The summed E-state index contributed by atoms with van der Waals surface area (Å²) in [7, 11) is 0. The van der Waals surface area contributed by atoms with Crippen molar-refractivity contribution in [2.75, 3.05) is 32.7 Å². The van der Waals surface area contributed by atoms with E-state index in [-0.39, 0.29) is 5.91 Å². The molecule has 0 unspecified atom stereocenters. The topological polar surface area (TPSA) is 35.6 Å². The minimum Gasteiger partial charge on any atom is -0.352 e. The Kier molecular flexibility index (Phi) is 4.93. The molecule has 1 N–H and O–H groups in total. The van der Waals surface area contributed by atoms with Crippen LogP contribution in [0.1, 0.15) is 18.4 Å². The number of piperazine rings is 1. The van der Waals surface area contributed by atoms with Gasteiger partial charge in [-0.25, -0.2) is 0 Å². The maximum atomic E-state index is 11.8. The third-order valence-electron chi connectivity index (χ3n) is 4.13. The molecule has 1 saturated heterocycles. The zero-order chi connectivity index (χ0) is 14.7. The fourth-order valence-corrected chi connectivity index (χ4v) is 3.09. The van der Waals surface area contributed by atoms with Gasteiger partial charge in [0.05, 0.1) is 6.54 Å². The van der Waals surface area contributed by atoms with Gasteiger partial charge in [-0.15, -0.1) is 0 Å². The van der Waals surface area contributed by atoms with E-state index in [9.17, 15) is 4.79 Å². The number of carbonyl (C=O) groups is 1. The van der Waals surface area contributed by atoms with E-state index in [1.165, 1.54) is 10.0 Å². The molecule has 4 nitrogen and oxygen atoms in total. The van der Waals surface area contributed by atoms with Gasteiger partial charge in [-0.05, 0) is 24.5 Å². The average molecular weight is 352 g/mol. The van der Waals surface area contributed by atoms with Crippen LogP contribution in [0.2, 0.25) is 0 Å². The van der Waals surface area contributed by atoms with E-state index in [4.69, 9.17) is 0 Å². The molecule has 0 atom stereocenters. The molecule has 2 fully saturated rings. The lowest BCUT2D eigenvalue weighted by Gasteiger charge is -2.34. The zero-order valence-electron chi connectivity index (χ0n) is 12.2. The SMILES string of the molecule is O=C(CN1CCN(Cc2ccccc2Br)CC1)NC1CC1. The quantitative estimate of drug-likeness (QED) is 0.879. The number of hydrogen-bond donors (Lipinski definition) is 1. The van der Waals surface area contributed by atoms with Crippen LogP contribution in [-0.4, -0.2) is 54.5 Å². The van der Waals surface area contributed by atoms with E-state index in [1.807, 2.05) is 6.07 Å². The first kappa shape index (κ1) is 15.0. The highest BCUT2D eigenvalue weighted by molar-refractivity contribution is 9.10. The van der Waals surface area contributed by atoms with Gasteiger partial charge in [-0.1, -0.05) is 34.1 Å². The largest absolute Gasteiger partial charge is 0.352 e. The van der Waals surface area contributed by atoms with Gasteiger partial charge in [0, 0.05) is 43.2 Å². The monoisotopic (exact) mass is 351 g/mol. The molecule has 1 aliphatic heterocycles. The summed E-state index contributed by atoms with van der Waals surface area (Å²) in [5, 5.41) is 3.06. The second-order valence-corrected chi connectivity index (χ2v) is 6.84. The number of nitrogens with one attached hydrogen (secondary N) is 1. The van der Waals surface area contributed by atoms with E-state index in [0.717, 1.165) is 45.6 Å². The standard InChI is InChI=1S/C16H22BrN3O/c17-15-4-2-1-3-13(15)11-19-7-9-20(10-8-19)12-16(21)18-14-5-6-14/h1-4,14H,5-12H2,(H,18,21). The Bertz CT molecular complexity index is 496.